The molecular formula is C18H21ClN4O3. The Morgan fingerprint density at radius 2 is 1.96 bits per heavy atom. The van der Waals surface area contributed by atoms with Crippen LogP contribution in [-0.2, 0) is 9.53 Å². The van der Waals surface area contributed by atoms with Crippen LogP contribution in [0.4, 0.5) is 16.2 Å². The van der Waals surface area contributed by atoms with E-state index in [-0.39, 0.29) is 11.4 Å². The predicted molar refractivity (Wildman–Crippen MR) is 101 cm³/mol. The molecule has 7 nitrogen and oxygen atoms in total. The van der Waals surface area contributed by atoms with E-state index in [1.807, 2.05) is 0 Å². The number of carbonyl (C=O) groups is 2. The molecule has 0 aliphatic carbocycles. The summed E-state index contributed by atoms with van der Waals surface area (Å²) in [6.45, 7) is 5.16. The zero-order valence-corrected chi connectivity index (χ0v) is 15.5. The monoisotopic (exact) mass is 376 g/mol. The van der Waals surface area contributed by atoms with Crippen LogP contribution in [0.1, 0.15) is 32.4 Å². The number of pyridine rings is 1. The zero-order chi connectivity index (χ0) is 19.5. The molecule has 0 fully saturated rings. The molecule has 0 saturated heterocycles. The Morgan fingerprint density at radius 3 is 2.46 bits per heavy atom. The zero-order valence-electron chi connectivity index (χ0n) is 14.8. The van der Waals surface area contributed by atoms with Gasteiger partial charge in [-0.15, -0.1) is 0 Å². The van der Waals surface area contributed by atoms with Crippen molar-refractivity contribution in [1.29, 1.82) is 0 Å². The summed E-state index contributed by atoms with van der Waals surface area (Å²) in [5, 5.41) is 0.396. The molecule has 0 spiro atoms. The predicted octanol–water partition coefficient (Wildman–Crippen LogP) is 3.29. The van der Waals surface area contributed by atoms with Gasteiger partial charge in [0.25, 0.3) is 0 Å². The van der Waals surface area contributed by atoms with Crippen molar-refractivity contribution >= 4 is 35.0 Å². The van der Waals surface area contributed by atoms with E-state index in [0.29, 0.717) is 10.6 Å². The fraction of sp³-hybridized carbons (Fsp3) is 0.278. The number of aromatic nitrogens is 1. The Labute approximate surface area is 156 Å². The number of nitrogen functional groups attached to an aromatic ring is 1. The lowest BCUT2D eigenvalue weighted by atomic mass is 10.1. The van der Waals surface area contributed by atoms with Crippen molar-refractivity contribution in [1.82, 2.24) is 4.98 Å². The van der Waals surface area contributed by atoms with E-state index in [9.17, 15) is 9.59 Å². The molecule has 4 N–H and O–H groups in total. The Bertz CT molecular complexity index is 806. The molecule has 0 aliphatic heterocycles. The maximum Gasteiger partial charge on any atom is 0.415 e. The third-order valence-corrected chi connectivity index (χ3v) is 3.60. The Balaban J connectivity index is 2.61. The van der Waals surface area contributed by atoms with Crippen molar-refractivity contribution < 1.29 is 14.3 Å². The second kappa shape index (κ2) is 7.61. The minimum Gasteiger partial charge on any atom is -0.443 e. The first-order chi connectivity index (χ1) is 12.1. The SMILES string of the molecule is CC(C)(C)OC(=O)N(c1ccc(Cl)cc1N)C(C(N)=O)c1cccnc1. The van der Waals surface area contributed by atoms with E-state index in [2.05, 4.69) is 4.98 Å². The first-order valence-electron chi connectivity index (χ1n) is 7.86. The summed E-state index contributed by atoms with van der Waals surface area (Å²) in [5.41, 5.74) is 11.8. The van der Waals surface area contributed by atoms with E-state index >= 15 is 0 Å². The normalized spacial score (nSPS) is 12.3. The average Bonchev–Trinajstić information content (AvgIpc) is 2.52. The highest BCUT2D eigenvalue weighted by atomic mass is 35.5. The highest BCUT2D eigenvalue weighted by Gasteiger charge is 2.35. The number of benzene rings is 1. The summed E-state index contributed by atoms with van der Waals surface area (Å²) in [5.74, 6) is -0.752. The van der Waals surface area contributed by atoms with Crippen LogP contribution < -0.4 is 16.4 Å². The van der Waals surface area contributed by atoms with Crippen LogP contribution in [0, 0.1) is 0 Å². The van der Waals surface area contributed by atoms with Crippen LogP contribution in [-0.4, -0.2) is 22.6 Å². The molecule has 2 aromatic rings. The minimum absolute atomic E-state index is 0.207. The number of amides is 2. The molecule has 0 saturated carbocycles. The summed E-state index contributed by atoms with van der Waals surface area (Å²) in [6, 6.07) is 6.72. The Hall–Kier alpha value is -2.80. The number of rotatable bonds is 4. The number of nitrogens with two attached hydrogens (primary N) is 2. The summed E-state index contributed by atoms with van der Waals surface area (Å²) in [4.78, 5) is 30.3. The molecule has 8 heteroatoms. The van der Waals surface area contributed by atoms with Gasteiger partial charge < -0.3 is 16.2 Å². The quantitative estimate of drug-likeness (QED) is 0.795. The van der Waals surface area contributed by atoms with E-state index < -0.39 is 23.6 Å². The molecule has 2 rings (SSSR count). The molecule has 1 heterocycles. The molecule has 1 atom stereocenters. The van der Waals surface area contributed by atoms with Gasteiger partial charge in [0.2, 0.25) is 5.91 Å². The third-order valence-electron chi connectivity index (χ3n) is 3.37. The van der Waals surface area contributed by atoms with Crippen molar-refractivity contribution in [2.24, 2.45) is 5.73 Å². The topological polar surface area (TPSA) is 112 Å². The van der Waals surface area contributed by atoms with Gasteiger partial charge >= 0.3 is 6.09 Å². The molecule has 1 aromatic carbocycles. The third kappa shape index (κ3) is 4.64. The first kappa shape index (κ1) is 19.5. The first-order valence-corrected chi connectivity index (χ1v) is 8.24. The lowest BCUT2D eigenvalue weighted by molar-refractivity contribution is -0.119. The lowest BCUT2D eigenvalue weighted by Gasteiger charge is -2.32. The number of anilines is 2. The summed E-state index contributed by atoms with van der Waals surface area (Å²) in [7, 11) is 0. The van der Waals surface area contributed by atoms with Crippen molar-refractivity contribution in [3.05, 3.63) is 53.3 Å². The van der Waals surface area contributed by atoms with Crippen LogP contribution >= 0.6 is 11.6 Å². The molecular weight excluding hydrogens is 356 g/mol. The highest BCUT2D eigenvalue weighted by Crippen LogP contribution is 2.34. The Kier molecular flexibility index (Phi) is 5.72. The minimum atomic E-state index is -1.15. The number of ether oxygens (including phenoxy) is 1. The van der Waals surface area contributed by atoms with Gasteiger partial charge in [-0.25, -0.2) is 4.79 Å². The number of halogens is 1. The molecule has 1 unspecified atom stereocenters. The standard InChI is InChI=1S/C18H21ClN4O3/c1-18(2,3)26-17(25)23(14-7-6-12(19)9-13(14)20)15(16(21)24)11-5-4-8-22-10-11/h4-10,15H,20H2,1-3H3,(H2,21,24). The van der Waals surface area contributed by atoms with Crippen molar-refractivity contribution in [2.75, 3.05) is 10.6 Å². The Morgan fingerprint density at radius 1 is 1.27 bits per heavy atom. The second-order valence-electron chi connectivity index (χ2n) is 6.64. The van der Waals surface area contributed by atoms with E-state index in [1.54, 1.807) is 45.2 Å². The number of carbonyl (C=O) groups excluding carboxylic acids is 2. The molecule has 138 valence electrons. The largest absolute Gasteiger partial charge is 0.443 e. The molecule has 0 aliphatic rings. The van der Waals surface area contributed by atoms with Crippen LogP contribution in [0.25, 0.3) is 0 Å². The fourth-order valence-electron chi connectivity index (χ4n) is 2.38. The van der Waals surface area contributed by atoms with Gasteiger partial charge in [-0.3, -0.25) is 14.7 Å². The van der Waals surface area contributed by atoms with Crippen LogP contribution in [0.2, 0.25) is 5.02 Å². The van der Waals surface area contributed by atoms with E-state index in [1.165, 1.54) is 18.3 Å². The number of primary amides is 1. The summed E-state index contributed by atoms with van der Waals surface area (Å²) >= 11 is 5.95. The van der Waals surface area contributed by atoms with E-state index in [0.717, 1.165) is 4.90 Å². The van der Waals surface area contributed by atoms with Gasteiger partial charge in [-0.05, 0) is 45.0 Å². The van der Waals surface area contributed by atoms with Gasteiger partial charge in [0.1, 0.15) is 11.6 Å². The van der Waals surface area contributed by atoms with Crippen molar-refractivity contribution in [2.45, 2.75) is 32.4 Å². The van der Waals surface area contributed by atoms with Crippen molar-refractivity contribution in [3.8, 4) is 0 Å². The van der Waals surface area contributed by atoms with Gasteiger partial charge in [-0.1, -0.05) is 17.7 Å². The van der Waals surface area contributed by atoms with Gasteiger partial charge in [0.15, 0.2) is 0 Å². The molecule has 0 bridgehead atoms. The lowest BCUT2D eigenvalue weighted by Crippen LogP contribution is -2.44. The number of nitrogens with zero attached hydrogens (tertiary/aromatic N) is 2. The highest BCUT2D eigenvalue weighted by molar-refractivity contribution is 6.31. The van der Waals surface area contributed by atoms with Crippen LogP contribution in [0.5, 0.6) is 0 Å². The van der Waals surface area contributed by atoms with Crippen LogP contribution in [0.3, 0.4) is 0 Å². The average molecular weight is 377 g/mol. The molecule has 0 radical (unpaired) electrons. The number of hydrogen-bond acceptors (Lipinski definition) is 5. The van der Waals surface area contributed by atoms with Gasteiger partial charge in [0, 0.05) is 23.0 Å². The summed E-state index contributed by atoms with van der Waals surface area (Å²) < 4.78 is 5.46. The fourth-order valence-corrected chi connectivity index (χ4v) is 2.56. The second-order valence-corrected chi connectivity index (χ2v) is 7.08. The number of hydrogen-bond donors (Lipinski definition) is 2. The summed E-state index contributed by atoms with van der Waals surface area (Å²) in [6.07, 6.45) is 2.24. The maximum absolute atomic E-state index is 12.9. The molecule has 1 aromatic heterocycles. The maximum atomic E-state index is 12.9. The molecule has 26 heavy (non-hydrogen) atoms. The van der Waals surface area contributed by atoms with Crippen molar-refractivity contribution in [3.63, 3.8) is 0 Å². The van der Waals surface area contributed by atoms with Gasteiger partial charge in [0.05, 0.1) is 11.4 Å². The smallest absolute Gasteiger partial charge is 0.415 e. The molecule has 2 amide bonds. The van der Waals surface area contributed by atoms with E-state index in [4.69, 9.17) is 27.8 Å². The van der Waals surface area contributed by atoms with Crippen LogP contribution in [0.15, 0.2) is 42.7 Å². The van der Waals surface area contributed by atoms with Gasteiger partial charge in [-0.2, -0.15) is 0 Å².